The van der Waals surface area contributed by atoms with Crippen molar-refractivity contribution in [3.05, 3.63) is 11.5 Å². The van der Waals surface area contributed by atoms with Crippen LogP contribution in [0.4, 0.5) is 0 Å². The summed E-state index contributed by atoms with van der Waals surface area (Å²) in [5.74, 6) is 1.13. The van der Waals surface area contributed by atoms with Gasteiger partial charge >= 0.3 is 0 Å². The highest BCUT2D eigenvalue weighted by atomic mass is 32.2. The molecule has 0 aromatic heterocycles. The van der Waals surface area contributed by atoms with Crippen molar-refractivity contribution in [2.45, 2.75) is 25.3 Å². The fourth-order valence-corrected chi connectivity index (χ4v) is 2.93. The van der Waals surface area contributed by atoms with E-state index in [0.29, 0.717) is 0 Å². The third-order valence-corrected chi connectivity index (χ3v) is 3.80. The highest BCUT2D eigenvalue weighted by molar-refractivity contribution is 7.94. The van der Waals surface area contributed by atoms with Crippen LogP contribution in [0.1, 0.15) is 19.3 Å². The van der Waals surface area contributed by atoms with Crippen molar-refractivity contribution in [3.63, 3.8) is 0 Å². The summed E-state index contributed by atoms with van der Waals surface area (Å²) in [7, 11) is -2.94. The zero-order valence-corrected chi connectivity index (χ0v) is 8.76. The van der Waals surface area contributed by atoms with Crippen LogP contribution in [0.2, 0.25) is 0 Å². The number of hydrogen-bond acceptors (Lipinski definition) is 4. The van der Waals surface area contributed by atoms with Gasteiger partial charge in [0.1, 0.15) is 0 Å². The van der Waals surface area contributed by atoms with E-state index in [1.807, 2.05) is 0 Å². The van der Waals surface area contributed by atoms with Crippen LogP contribution in [0.5, 0.6) is 0 Å². The Kier molecular flexibility index (Phi) is 2.58. The van der Waals surface area contributed by atoms with E-state index in [0.717, 1.165) is 31.6 Å². The summed E-state index contributed by atoms with van der Waals surface area (Å²) in [6, 6.07) is -0.0724. The van der Waals surface area contributed by atoms with Gasteiger partial charge in [0.25, 0.3) is 0 Å². The van der Waals surface area contributed by atoms with Crippen LogP contribution in [-0.4, -0.2) is 32.6 Å². The molecule has 0 saturated carbocycles. The summed E-state index contributed by atoms with van der Waals surface area (Å²) in [6.45, 7) is 0.867. The summed E-state index contributed by atoms with van der Waals surface area (Å²) in [6.07, 6.45) is 4.94. The van der Waals surface area contributed by atoms with Gasteiger partial charge in [-0.1, -0.05) is 0 Å². The van der Waals surface area contributed by atoms with Crippen LogP contribution in [0, 0.1) is 0 Å². The topological polar surface area (TPSA) is 58.5 Å². The number of nitrogens with one attached hydrogen (secondary N) is 1. The van der Waals surface area contributed by atoms with Crippen molar-refractivity contribution in [3.8, 4) is 0 Å². The lowest BCUT2D eigenvalue weighted by Gasteiger charge is -2.17. The Bertz CT molecular complexity index is 370. The van der Waals surface area contributed by atoms with Gasteiger partial charge in [0, 0.05) is 18.4 Å². The molecule has 4 nitrogen and oxygen atoms in total. The normalized spacial score (nSPS) is 30.0. The van der Waals surface area contributed by atoms with Gasteiger partial charge in [-0.3, -0.25) is 4.99 Å². The minimum atomic E-state index is -2.94. The summed E-state index contributed by atoms with van der Waals surface area (Å²) in [5.41, 5.74) is 0. The zero-order chi connectivity index (χ0) is 10.0. The molecular weight excluding hydrogens is 200 g/mol. The molecule has 0 spiro atoms. The molecule has 2 aliphatic heterocycles. The summed E-state index contributed by atoms with van der Waals surface area (Å²) in [4.78, 5) is 4.32. The van der Waals surface area contributed by atoms with E-state index in [9.17, 15) is 8.42 Å². The minimum Gasteiger partial charge on any atom is -0.367 e. The zero-order valence-electron chi connectivity index (χ0n) is 7.94. The maximum atomic E-state index is 11.1. The first-order chi connectivity index (χ1) is 6.66. The Labute approximate surface area is 84.0 Å². The Balaban J connectivity index is 1.94. The van der Waals surface area contributed by atoms with Crippen molar-refractivity contribution in [2.24, 2.45) is 4.99 Å². The molecule has 0 saturated heterocycles. The number of amidine groups is 1. The molecule has 1 N–H and O–H groups in total. The van der Waals surface area contributed by atoms with Crippen LogP contribution < -0.4 is 5.32 Å². The van der Waals surface area contributed by atoms with E-state index < -0.39 is 9.84 Å². The van der Waals surface area contributed by atoms with E-state index in [4.69, 9.17) is 0 Å². The quantitative estimate of drug-likeness (QED) is 0.690. The lowest BCUT2D eigenvalue weighted by Crippen LogP contribution is -2.36. The van der Waals surface area contributed by atoms with Gasteiger partial charge in [0.15, 0.2) is 9.84 Å². The third kappa shape index (κ3) is 2.35. The van der Waals surface area contributed by atoms with Crippen molar-refractivity contribution in [1.29, 1.82) is 0 Å². The molecule has 1 unspecified atom stereocenters. The average Bonchev–Trinajstić information content (AvgIpc) is 2.47. The Hall–Kier alpha value is -0.840. The summed E-state index contributed by atoms with van der Waals surface area (Å²) in [5, 5.41) is 4.44. The van der Waals surface area contributed by atoms with Gasteiger partial charge in [-0.15, -0.1) is 0 Å². The van der Waals surface area contributed by atoms with Gasteiger partial charge in [0.2, 0.25) is 0 Å². The lowest BCUT2D eigenvalue weighted by atomic mass is 10.1. The summed E-state index contributed by atoms with van der Waals surface area (Å²) >= 11 is 0. The lowest BCUT2D eigenvalue weighted by molar-refractivity contribution is 0.601. The largest absolute Gasteiger partial charge is 0.367 e. The number of hydrogen-bond donors (Lipinski definition) is 1. The smallest absolute Gasteiger partial charge is 0.173 e. The molecule has 0 bridgehead atoms. The van der Waals surface area contributed by atoms with E-state index in [1.165, 1.54) is 5.41 Å². The monoisotopic (exact) mass is 214 g/mol. The van der Waals surface area contributed by atoms with Crippen molar-refractivity contribution in [1.82, 2.24) is 5.32 Å². The van der Waals surface area contributed by atoms with Crippen LogP contribution >= 0.6 is 0 Å². The molecule has 78 valence electrons. The fourth-order valence-electron chi connectivity index (χ4n) is 1.69. The standard InChI is InChI=1S/C9H14N2O2S/c12-14(13)6-4-8(7-14)11-9-3-1-2-5-10-9/h4,6,8H,1-3,5,7H2,(H,10,11). The number of nitrogens with zero attached hydrogens (tertiary/aromatic N) is 1. The molecule has 0 radical (unpaired) electrons. The number of sulfone groups is 1. The van der Waals surface area contributed by atoms with Crippen molar-refractivity contribution >= 4 is 15.7 Å². The molecule has 1 atom stereocenters. The molecule has 14 heavy (non-hydrogen) atoms. The van der Waals surface area contributed by atoms with E-state index in [1.54, 1.807) is 6.08 Å². The van der Waals surface area contributed by atoms with Crippen molar-refractivity contribution in [2.75, 3.05) is 12.3 Å². The van der Waals surface area contributed by atoms with Gasteiger partial charge in [-0.2, -0.15) is 0 Å². The second-order valence-electron chi connectivity index (χ2n) is 3.69. The number of rotatable bonds is 1. The van der Waals surface area contributed by atoms with Crippen molar-refractivity contribution < 1.29 is 8.42 Å². The van der Waals surface area contributed by atoms with Gasteiger partial charge in [-0.05, 0) is 18.9 Å². The molecule has 0 aliphatic carbocycles. The predicted octanol–water partition coefficient (Wildman–Crippen LogP) is 0.469. The van der Waals surface area contributed by atoms with Gasteiger partial charge < -0.3 is 5.32 Å². The molecular formula is C9H14N2O2S. The molecule has 2 aliphatic rings. The molecule has 0 aromatic rings. The molecule has 0 fully saturated rings. The van der Waals surface area contributed by atoms with E-state index in [-0.39, 0.29) is 11.8 Å². The van der Waals surface area contributed by atoms with Crippen LogP contribution in [0.25, 0.3) is 0 Å². The molecule has 2 heterocycles. The first-order valence-electron chi connectivity index (χ1n) is 4.86. The van der Waals surface area contributed by atoms with Crippen LogP contribution in [0.15, 0.2) is 16.5 Å². The first-order valence-corrected chi connectivity index (χ1v) is 6.58. The second-order valence-corrected chi connectivity index (χ2v) is 5.63. The SMILES string of the molecule is O=S1(=O)C=CC(NC2=NCCCC2)C1. The molecule has 0 aromatic carbocycles. The van der Waals surface area contributed by atoms with E-state index >= 15 is 0 Å². The molecule has 0 amide bonds. The third-order valence-electron chi connectivity index (χ3n) is 2.41. The minimum absolute atomic E-state index is 0.0724. The number of aliphatic imine (C=N–C) groups is 1. The maximum absolute atomic E-state index is 11.1. The maximum Gasteiger partial charge on any atom is 0.173 e. The molecule has 2 rings (SSSR count). The summed E-state index contributed by atoms with van der Waals surface area (Å²) < 4.78 is 22.2. The van der Waals surface area contributed by atoms with Crippen LogP contribution in [-0.2, 0) is 9.84 Å². The highest BCUT2D eigenvalue weighted by Crippen LogP contribution is 2.10. The Morgan fingerprint density at radius 1 is 1.43 bits per heavy atom. The predicted molar refractivity (Wildman–Crippen MR) is 56.0 cm³/mol. The second kappa shape index (κ2) is 3.73. The Morgan fingerprint density at radius 3 is 2.86 bits per heavy atom. The average molecular weight is 214 g/mol. The van der Waals surface area contributed by atoms with Crippen LogP contribution in [0.3, 0.4) is 0 Å². The van der Waals surface area contributed by atoms with E-state index in [2.05, 4.69) is 10.3 Å². The fraction of sp³-hybridized carbons (Fsp3) is 0.667. The first kappa shape index (κ1) is 9.71. The highest BCUT2D eigenvalue weighted by Gasteiger charge is 2.22. The van der Waals surface area contributed by atoms with Gasteiger partial charge in [0.05, 0.1) is 17.6 Å². The molecule has 5 heteroatoms. The van der Waals surface area contributed by atoms with Gasteiger partial charge in [-0.25, -0.2) is 8.42 Å². The Morgan fingerprint density at radius 2 is 2.29 bits per heavy atom.